The van der Waals surface area contributed by atoms with E-state index in [1.807, 2.05) is 12.1 Å². The Hall–Kier alpha value is -1.63. The Balaban J connectivity index is 0.00000196. The van der Waals surface area contributed by atoms with Crippen LogP contribution in [-0.4, -0.2) is 46.1 Å². The number of aryl methyl sites for hydroxylation is 1. The first-order valence-electron chi connectivity index (χ1n) is 8.81. The lowest BCUT2D eigenvalue weighted by molar-refractivity contribution is -0.133. The topological polar surface area (TPSA) is 71.3 Å². The molecule has 3 heterocycles. The average Bonchev–Trinajstić information content (AvgIpc) is 3.17. The molecule has 2 fully saturated rings. The maximum absolute atomic E-state index is 12.7. The van der Waals surface area contributed by atoms with E-state index in [9.17, 15) is 4.79 Å². The lowest BCUT2D eigenvalue weighted by atomic mass is 10.1. The van der Waals surface area contributed by atoms with Crippen LogP contribution in [0.4, 0.5) is 0 Å². The summed E-state index contributed by atoms with van der Waals surface area (Å²) in [6.07, 6.45) is 4.16. The van der Waals surface area contributed by atoms with Crippen molar-refractivity contribution in [2.24, 2.45) is 0 Å². The predicted molar refractivity (Wildman–Crippen MR) is 101 cm³/mol. The molecule has 0 aliphatic carbocycles. The molecule has 2 atom stereocenters. The summed E-state index contributed by atoms with van der Waals surface area (Å²) in [6.45, 7) is 1.91. The summed E-state index contributed by atoms with van der Waals surface area (Å²) < 4.78 is 5.30. The Bertz CT molecular complexity index is 736. The van der Waals surface area contributed by atoms with E-state index in [0.717, 1.165) is 37.9 Å². The SMILES string of the molecule is Cl.O=C(CCc1nc(-c2ccc(Cl)cc2)no1)N1C2CCNCC1CC2. The Kier molecular flexibility index (Phi) is 6.16. The van der Waals surface area contributed by atoms with Gasteiger partial charge in [-0.2, -0.15) is 4.98 Å². The number of aromatic nitrogens is 2. The zero-order valence-corrected chi connectivity index (χ0v) is 15.9. The number of carbonyl (C=O) groups excluding carboxylic acids is 1. The van der Waals surface area contributed by atoms with Crippen LogP contribution in [0.1, 0.15) is 31.6 Å². The fourth-order valence-electron chi connectivity index (χ4n) is 3.81. The molecule has 0 radical (unpaired) electrons. The van der Waals surface area contributed by atoms with Gasteiger partial charge in [-0.05, 0) is 50.1 Å². The zero-order chi connectivity index (χ0) is 17.2. The van der Waals surface area contributed by atoms with Gasteiger partial charge >= 0.3 is 0 Å². The minimum Gasteiger partial charge on any atom is -0.339 e. The monoisotopic (exact) mass is 396 g/mol. The van der Waals surface area contributed by atoms with Crippen molar-refractivity contribution in [3.8, 4) is 11.4 Å². The van der Waals surface area contributed by atoms with Gasteiger partial charge in [0.15, 0.2) is 0 Å². The van der Waals surface area contributed by atoms with Crippen LogP contribution in [0.15, 0.2) is 28.8 Å². The highest BCUT2D eigenvalue weighted by Gasteiger charge is 2.37. The molecule has 0 saturated carbocycles. The molecule has 1 amide bonds. The van der Waals surface area contributed by atoms with Crippen LogP contribution in [-0.2, 0) is 11.2 Å². The highest BCUT2D eigenvalue weighted by molar-refractivity contribution is 6.30. The maximum Gasteiger partial charge on any atom is 0.227 e. The summed E-state index contributed by atoms with van der Waals surface area (Å²) in [4.78, 5) is 19.2. The first-order chi connectivity index (χ1) is 12.2. The number of hydrogen-bond donors (Lipinski definition) is 1. The van der Waals surface area contributed by atoms with Gasteiger partial charge < -0.3 is 14.7 Å². The van der Waals surface area contributed by atoms with Crippen LogP contribution >= 0.6 is 24.0 Å². The molecule has 0 spiro atoms. The molecule has 1 N–H and O–H groups in total. The molecule has 2 saturated heterocycles. The molecule has 1 aromatic heterocycles. The molecule has 2 aromatic rings. The first-order valence-corrected chi connectivity index (χ1v) is 9.19. The van der Waals surface area contributed by atoms with E-state index in [-0.39, 0.29) is 18.3 Å². The summed E-state index contributed by atoms with van der Waals surface area (Å²) in [7, 11) is 0. The van der Waals surface area contributed by atoms with Gasteiger partial charge in [0, 0.05) is 42.1 Å². The van der Waals surface area contributed by atoms with Gasteiger partial charge in [-0.1, -0.05) is 16.8 Å². The molecule has 2 unspecified atom stereocenters. The molecular weight excluding hydrogens is 375 g/mol. The summed E-state index contributed by atoms with van der Waals surface area (Å²) in [5.41, 5.74) is 0.849. The second-order valence-corrected chi connectivity index (χ2v) is 7.13. The van der Waals surface area contributed by atoms with E-state index in [0.29, 0.717) is 41.7 Å². The minimum absolute atomic E-state index is 0. The van der Waals surface area contributed by atoms with E-state index in [1.54, 1.807) is 12.1 Å². The van der Waals surface area contributed by atoms with Crippen molar-refractivity contribution < 1.29 is 9.32 Å². The number of amides is 1. The van der Waals surface area contributed by atoms with Crippen molar-refractivity contribution >= 4 is 29.9 Å². The molecular formula is C18H22Cl2N4O2. The number of nitrogens with one attached hydrogen (secondary N) is 1. The molecule has 4 rings (SSSR count). The van der Waals surface area contributed by atoms with E-state index in [2.05, 4.69) is 20.4 Å². The van der Waals surface area contributed by atoms with Crippen molar-refractivity contribution in [3.05, 3.63) is 35.2 Å². The number of rotatable bonds is 4. The number of benzene rings is 1. The van der Waals surface area contributed by atoms with Crippen molar-refractivity contribution in [3.63, 3.8) is 0 Å². The second kappa shape index (κ2) is 8.37. The minimum atomic E-state index is 0. The quantitative estimate of drug-likeness (QED) is 0.859. The van der Waals surface area contributed by atoms with Gasteiger partial charge in [0.2, 0.25) is 17.6 Å². The summed E-state index contributed by atoms with van der Waals surface area (Å²) in [6, 6.07) is 8.01. The number of nitrogens with zero attached hydrogens (tertiary/aromatic N) is 3. The molecule has 140 valence electrons. The number of hydrogen-bond acceptors (Lipinski definition) is 5. The van der Waals surface area contributed by atoms with Crippen molar-refractivity contribution in [1.82, 2.24) is 20.4 Å². The molecule has 26 heavy (non-hydrogen) atoms. The Labute approximate surface area is 163 Å². The van der Waals surface area contributed by atoms with Crippen LogP contribution < -0.4 is 5.32 Å². The van der Waals surface area contributed by atoms with Crippen LogP contribution in [0, 0.1) is 0 Å². The summed E-state index contributed by atoms with van der Waals surface area (Å²) >= 11 is 5.89. The highest BCUT2D eigenvalue weighted by Crippen LogP contribution is 2.28. The van der Waals surface area contributed by atoms with Gasteiger partial charge in [-0.3, -0.25) is 4.79 Å². The maximum atomic E-state index is 12.7. The number of fused-ring (bicyclic) bond motifs is 2. The standard InChI is InChI=1S/C18H21ClN4O2.ClH/c19-13-3-1-12(2-4-13)18-21-16(25-22-18)7-8-17(24)23-14-5-6-15(23)11-20-10-9-14;/h1-4,14-15,20H,5-11H2;1H. The third-order valence-electron chi connectivity index (χ3n) is 5.07. The van der Waals surface area contributed by atoms with Crippen LogP contribution in [0.2, 0.25) is 5.02 Å². The van der Waals surface area contributed by atoms with Gasteiger partial charge in [0.1, 0.15) is 0 Å². The van der Waals surface area contributed by atoms with Crippen molar-refractivity contribution in [1.29, 1.82) is 0 Å². The molecule has 8 heteroatoms. The molecule has 1 aromatic carbocycles. The van der Waals surface area contributed by atoms with Gasteiger partial charge in [0.05, 0.1) is 0 Å². The Morgan fingerprint density at radius 3 is 2.81 bits per heavy atom. The fraction of sp³-hybridized carbons (Fsp3) is 0.500. The average molecular weight is 397 g/mol. The van der Waals surface area contributed by atoms with Crippen LogP contribution in [0.5, 0.6) is 0 Å². The van der Waals surface area contributed by atoms with E-state index < -0.39 is 0 Å². The third kappa shape index (κ3) is 4.03. The second-order valence-electron chi connectivity index (χ2n) is 6.70. The largest absolute Gasteiger partial charge is 0.339 e. The third-order valence-corrected chi connectivity index (χ3v) is 5.32. The first kappa shape index (κ1) is 19.1. The summed E-state index contributed by atoms with van der Waals surface area (Å²) in [5, 5.41) is 8.08. The van der Waals surface area contributed by atoms with E-state index in [1.165, 1.54) is 0 Å². The lowest BCUT2D eigenvalue weighted by Crippen LogP contribution is -2.42. The zero-order valence-electron chi connectivity index (χ0n) is 14.4. The van der Waals surface area contributed by atoms with Gasteiger partial charge in [0.25, 0.3) is 0 Å². The smallest absolute Gasteiger partial charge is 0.227 e. The van der Waals surface area contributed by atoms with E-state index in [4.69, 9.17) is 16.1 Å². The van der Waals surface area contributed by atoms with Crippen molar-refractivity contribution in [2.45, 2.75) is 44.2 Å². The van der Waals surface area contributed by atoms with E-state index >= 15 is 0 Å². The molecule has 2 aliphatic heterocycles. The highest BCUT2D eigenvalue weighted by atomic mass is 35.5. The molecule has 2 aliphatic rings. The predicted octanol–water partition coefficient (Wildman–Crippen LogP) is 3.10. The lowest BCUT2D eigenvalue weighted by Gasteiger charge is -2.27. The number of halogens is 2. The fourth-order valence-corrected chi connectivity index (χ4v) is 3.93. The molecule has 2 bridgehead atoms. The summed E-state index contributed by atoms with van der Waals surface area (Å²) in [5.74, 6) is 1.22. The normalized spacial score (nSPS) is 22.0. The molecule has 6 nitrogen and oxygen atoms in total. The number of carbonyl (C=O) groups is 1. The van der Waals surface area contributed by atoms with Gasteiger partial charge in [-0.15, -0.1) is 12.4 Å². The van der Waals surface area contributed by atoms with Crippen LogP contribution in [0.25, 0.3) is 11.4 Å². The van der Waals surface area contributed by atoms with Crippen molar-refractivity contribution in [2.75, 3.05) is 13.1 Å². The Morgan fingerprint density at radius 1 is 1.23 bits per heavy atom. The van der Waals surface area contributed by atoms with Gasteiger partial charge in [-0.25, -0.2) is 0 Å². The Morgan fingerprint density at radius 2 is 2.00 bits per heavy atom. The van der Waals surface area contributed by atoms with Crippen LogP contribution in [0.3, 0.4) is 0 Å².